The fourth-order valence-corrected chi connectivity index (χ4v) is 1.55. The van der Waals surface area contributed by atoms with Gasteiger partial charge in [-0.1, -0.05) is 12.1 Å². The minimum atomic E-state index is -0.182. The minimum absolute atomic E-state index is 0.0428. The summed E-state index contributed by atoms with van der Waals surface area (Å²) in [6, 6.07) is 7.50. The summed E-state index contributed by atoms with van der Waals surface area (Å²) in [6.45, 7) is 0.466. The van der Waals surface area contributed by atoms with Crippen LogP contribution >= 0.6 is 0 Å². The molecule has 0 fully saturated rings. The average molecular weight is 261 g/mol. The Morgan fingerprint density at radius 2 is 2.37 bits per heavy atom. The lowest BCUT2D eigenvalue weighted by molar-refractivity contribution is -0.122. The van der Waals surface area contributed by atoms with Crippen LogP contribution in [-0.2, 0) is 17.9 Å². The van der Waals surface area contributed by atoms with E-state index in [4.69, 9.17) is 10.5 Å². The number of aromatic nitrogens is 3. The number of nitrogens with two attached hydrogens (primary N) is 1. The molecule has 0 aliphatic carbocycles. The van der Waals surface area contributed by atoms with Crippen molar-refractivity contribution in [3.63, 3.8) is 0 Å². The number of nitrogens with zero attached hydrogens (tertiary/aromatic N) is 3. The standard InChI is InChI=1S/C12H15N5O2/c1-19-10-4-2-3-9(5-10)6-14-12(18)8-17-15-7-11(13)16-17/h2-5,7H,6,8H2,1H3,(H2,13,16)(H,14,18). The van der Waals surface area contributed by atoms with Crippen molar-refractivity contribution >= 4 is 11.7 Å². The van der Waals surface area contributed by atoms with Gasteiger partial charge in [-0.25, -0.2) is 0 Å². The van der Waals surface area contributed by atoms with Crippen molar-refractivity contribution in [2.24, 2.45) is 0 Å². The van der Waals surface area contributed by atoms with Crippen LogP contribution in [0.3, 0.4) is 0 Å². The first kappa shape index (κ1) is 12.9. The second-order valence-corrected chi connectivity index (χ2v) is 3.93. The topological polar surface area (TPSA) is 95.1 Å². The molecule has 0 saturated carbocycles. The van der Waals surface area contributed by atoms with E-state index >= 15 is 0 Å². The molecule has 0 atom stereocenters. The molecule has 1 aromatic heterocycles. The molecule has 0 aliphatic rings. The number of anilines is 1. The molecule has 2 aromatic rings. The lowest BCUT2D eigenvalue weighted by Gasteiger charge is -2.06. The van der Waals surface area contributed by atoms with Crippen LogP contribution in [0, 0.1) is 0 Å². The summed E-state index contributed by atoms with van der Waals surface area (Å²) in [5.74, 6) is 0.868. The molecule has 1 amide bonds. The zero-order chi connectivity index (χ0) is 13.7. The Morgan fingerprint density at radius 1 is 1.53 bits per heavy atom. The largest absolute Gasteiger partial charge is 0.497 e. The summed E-state index contributed by atoms with van der Waals surface area (Å²) in [7, 11) is 1.60. The second-order valence-electron chi connectivity index (χ2n) is 3.93. The number of hydrogen-bond acceptors (Lipinski definition) is 5. The number of rotatable bonds is 5. The van der Waals surface area contributed by atoms with Gasteiger partial charge < -0.3 is 15.8 Å². The van der Waals surface area contributed by atoms with E-state index < -0.39 is 0 Å². The molecule has 0 saturated heterocycles. The van der Waals surface area contributed by atoms with Crippen molar-refractivity contribution < 1.29 is 9.53 Å². The Labute approximate surface area is 110 Å². The number of carbonyl (C=O) groups excluding carboxylic acids is 1. The summed E-state index contributed by atoms with van der Waals surface area (Å²) in [5, 5.41) is 10.4. The number of carbonyl (C=O) groups is 1. The third-order valence-corrected chi connectivity index (χ3v) is 2.46. The number of methoxy groups -OCH3 is 1. The molecule has 0 radical (unpaired) electrons. The molecule has 0 aliphatic heterocycles. The maximum Gasteiger partial charge on any atom is 0.243 e. The van der Waals surface area contributed by atoms with Gasteiger partial charge in [0.25, 0.3) is 0 Å². The predicted molar refractivity (Wildman–Crippen MR) is 69.3 cm³/mol. The Balaban J connectivity index is 1.86. The quantitative estimate of drug-likeness (QED) is 0.800. The van der Waals surface area contributed by atoms with E-state index in [1.54, 1.807) is 7.11 Å². The van der Waals surface area contributed by atoms with Gasteiger partial charge in [-0.2, -0.15) is 9.90 Å². The SMILES string of the molecule is COc1cccc(CNC(=O)Cn2ncc(N)n2)c1. The maximum absolute atomic E-state index is 11.7. The van der Waals surface area contributed by atoms with Crippen molar-refractivity contribution in [2.45, 2.75) is 13.1 Å². The summed E-state index contributed by atoms with van der Waals surface area (Å²) < 4.78 is 5.11. The van der Waals surface area contributed by atoms with Crippen LogP contribution in [-0.4, -0.2) is 28.0 Å². The van der Waals surface area contributed by atoms with E-state index in [2.05, 4.69) is 15.5 Å². The number of nitrogen functional groups attached to an aromatic ring is 1. The lowest BCUT2D eigenvalue weighted by atomic mass is 10.2. The highest BCUT2D eigenvalue weighted by Gasteiger charge is 2.05. The van der Waals surface area contributed by atoms with E-state index in [1.165, 1.54) is 11.0 Å². The van der Waals surface area contributed by atoms with Crippen LogP contribution in [0.15, 0.2) is 30.5 Å². The molecule has 0 bridgehead atoms. The zero-order valence-electron chi connectivity index (χ0n) is 10.5. The Bertz CT molecular complexity index is 567. The molecule has 19 heavy (non-hydrogen) atoms. The fourth-order valence-electron chi connectivity index (χ4n) is 1.55. The minimum Gasteiger partial charge on any atom is -0.497 e. The van der Waals surface area contributed by atoms with Gasteiger partial charge in [-0.15, -0.1) is 5.10 Å². The molecular weight excluding hydrogens is 246 g/mol. The van der Waals surface area contributed by atoms with Gasteiger partial charge in [0.2, 0.25) is 5.91 Å². The van der Waals surface area contributed by atoms with E-state index in [9.17, 15) is 4.79 Å². The molecule has 1 heterocycles. The first-order chi connectivity index (χ1) is 9.17. The smallest absolute Gasteiger partial charge is 0.243 e. The molecule has 7 nitrogen and oxygen atoms in total. The van der Waals surface area contributed by atoms with Crippen LogP contribution in [0.25, 0.3) is 0 Å². The van der Waals surface area contributed by atoms with Crippen molar-refractivity contribution in [1.82, 2.24) is 20.3 Å². The second kappa shape index (κ2) is 5.85. The van der Waals surface area contributed by atoms with Gasteiger partial charge in [-0.05, 0) is 17.7 Å². The van der Waals surface area contributed by atoms with E-state index in [-0.39, 0.29) is 12.5 Å². The Hall–Kier alpha value is -2.57. The number of ether oxygens (including phenoxy) is 1. The highest BCUT2D eigenvalue weighted by Crippen LogP contribution is 2.11. The van der Waals surface area contributed by atoms with Crippen molar-refractivity contribution in [2.75, 3.05) is 12.8 Å². The molecule has 0 unspecified atom stereocenters. The monoisotopic (exact) mass is 261 g/mol. The number of nitrogens with one attached hydrogen (secondary N) is 1. The molecule has 0 spiro atoms. The first-order valence-electron chi connectivity index (χ1n) is 5.72. The maximum atomic E-state index is 11.7. The third-order valence-electron chi connectivity index (χ3n) is 2.46. The first-order valence-corrected chi connectivity index (χ1v) is 5.72. The van der Waals surface area contributed by atoms with Crippen molar-refractivity contribution in [3.8, 4) is 5.75 Å². The Kier molecular flexibility index (Phi) is 3.97. The molecule has 2 rings (SSSR count). The normalized spacial score (nSPS) is 10.2. The van der Waals surface area contributed by atoms with Gasteiger partial charge >= 0.3 is 0 Å². The molecule has 3 N–H and O–H groups in total. The average Bonchev–Trinajstić information content (AvgIpc) is 2.82. The van der Waals surface area contributed by atoms with Gasteiger partial charge in [-0.3, -0.25) is 4.79 Å². The van der Waals surface area contributed by atoms with Crippen LogP contribution < -0.4 is 15.8 Å². The summed E-state index contributed by atoms with van der Waals surface area (Å²) in [4.78, 5) is 12.9. The Morgan fingerprint density at radius 3 is 3.05 bits per heavy atom. The van der Waals surface area contributed by atoms with Crippen LogP contribution in [0.4, 0.5) is 5.82 Å². The molecule has 7 heteroatoms. The summed E-state index contributed by atoms with van der Waals surface area (Å²) >= 11 is 0. The highest BCUT2D eigenvalue weighted by atomic mass is 16.5. The number of benzene rings is 1. The van der Waals surface area contributed by atoms with Crippen LogP contribution in [0.5, 0.6) is 5.75 Å². The van der Waals surface area contributed by atoms with Crippen LogP contribution in [0.1, 0.15) is 5.56 Å². The van der Waals surface area contributed by atoms with Crippen LogP contribution in [0.2, 0.25) is 0 Å². The van der Waals surface area contributed by atoms with Gasteiger partial charge in [0.05, 0.1) is 13.3 Å². The number of hydrogen-bond donors (Lipinski definition) is 2. The zero-order valence-corrected chi connectivity index (χ0v) is 10.5. The summed E-state index contributed by atoms with van der Waals surface area (Å²) in [5.41, 5.74) is 6.37. The van der Waals surface area contributed by atoms with E-state index in [0.29, 0.717) is 12.4 Å². The van der Waals surface area contributed by atoms with Gasteiger partial charge in [0.15, 0.2) is 5.82 Å². The predicted octanol–water partition coefficient (Wildman–Crippen LogP) is 0.185. The molecule has 100 valence electrons. The molecule has 1 aromatic carbocycles. The van der Waals surface area contributed by atoms with Crippen molar-refractivity contribution in [1.29, 1.82) is 0 Å². The molecular formula is C12H15N5O2. The van der Waals surface area contributed by atoms with Gasteiger partial charge in [0.1, 0.15) is 12.3 Å². The van der Waals surface area contributed by atoms with E-state index in [0.717, 1.165) is 11.3 Å². The highest BCUT2D eigenvalue weighted by molar-refractivity contribution is 5.75. The lowest BCUT2D eigenvalue weighted by Crippen LogP contribution is -2.28. The fraction of sp³-hybridized carbons (Fsp3) is 0.250. The van der Waals surface area contributed by atoms with E-state index in [1.807, 2.05) is 24.3 Å². The number of amides is 1. The summed E-state index contributed by atoms with van der Waals surface area (Å²) in [6.07, 6.45) is 1.40. The van der Waals surface area contributed by atoms with Gasteiger partial charge in [0, 0.05) is 6.54 Å². The third kappa shape index (κ3) is 3.70. The van der Waals surface area contributed by atoms with Crippen molar-refractivity contribution in [3.05, 3.63) is 36.0 Å².